The summed E-state index contributed by atoms with van der Waals surface area (Å²) in [5.41, 5.74) is 1.43. The molecule has 5 heteroatoms. The zero-order valence-corrected chi connectivity index (χ0v) is 15.8. The molecule has 0 amide bonds. The number of hydrogen-bond acceptors (Lipinski definition) is 1. The molecule has 3 nitrogen and oxygen atoms in total. The van der Waals surface area contributed by atoms with E-state index < -0.39 is 0 Å². The molecule has 20 heavy (non-hydrogen) atoms. The molecule has 0 unspecified atom stereocenters. The van der Waals surface area contributed by atoms with E-state index in [9.17, 15) is 0 Å². The third-order valence-corrected chi connectivity index (χ3v) is 4.12. The molecule has 0 heterocycles. The monoisotopic (exact) mass is 409 g/mol. The van der Waals surface area contributed by atoms with Crippen LogP contribution in [0.2, 0.25) is 5.02 Å². The second-order valence-corrected chi connectivity index (χ2v) is 5.11. The summed E-state index contributed by atoms with van der Waals surface area (Å²) in [5.74, 6) is 0.820. The van der Waals surface area contributed by atoms with E-state index in [1.165, 1.54) is 5.56 Å². The fraction of sp³-hybridized carbons (Fsp3) is 0.533. The van der Waals surface area contributed by atoms with Gasteiger partial charge in [0.25, 0.3) is 0 Å². The van der Waals surface area contributed by atoms with E-state index in [0.717, 1.165) is 30.4 Å². The van der Waals surface area contributed by atoms with E-state index in [4.69, 9.17) is 11.6 Å². The number of rotatable bonds is 5. The van der Waals surface area contributed by atoms with Crippen molar-refractivity contribution in [3.05, 3.63) is 34.9 Å². The van der Waals surface area contributed by atoms with E-state index in [1.54, 1.807) is 7.05 Å². The van der Waals surface area contributed by atoms with Gasteiger partial charge >= 0.3 is 0 Å². The average molecular weight is 410 g/mol. The van der Waals surface area contributed by atoms with Gasteiger partial charge in [-0.1, -0.05) is 37.6 Å². The van der Waals surface area contributed by atoms with E-state index in [2.05, 4.69) is 41.6 Å². The number of benzene rings is 1. The zero-order valence-electron chi connectivity index (χ0n) is 12.7. The highest BCUT2D eigenvalue weighted by Crippen LogP contribution is 2.31. The minimum absolute atomic E-state index is 0. The molecular formula is C15H25ClIN3. The summed E-state index contributed by atoms with van der Waals surface area (Å²) in [6.45, 7) is 5.30. The van der Waals surface area contributed by atoms with Crippen LogP contribution in [-0.2, 0) is 5.41 Å². The van der Waals surface area contributed by atoms with Crippen LogP contribution >= 0.6 is 35.6 Å². The van der Waals surface area contributed by atoms with Gasteiger partial charge in [-0.3, -0.25) is 4.99 Å². The van der Waals surface area contributed by atoms with Crippen molar-refractivity contribution in [3.8, 4) is 0 Å². The van der Waals surface area contributed by atoms with Crippen molar-refractivity contribution in [2.45, 2.75) is 32.1 Å². The summed E-state index contributed by atoms with van der Waals surface area (Å²) in [7, 11) is 3.65. The molecule has 0 fully saturated rings. The Morgan fingerprint density at radius 2 is 1.75 bits per heavy atom. The van der Waals surface area contributed by atoms with E-state index in [1.807, 2.05) is 19.2 Å². The lowest BCUT2D eigenvalue weighted by atomic mass is 9.76. The number of halogens is 2. The highest BCUT2D eigenvalue weighted by Gasteiger charge is 2.28. The maximum Gasteiger partial charge on any atom is 0.190 e. The van der Waals surface area contributed by atoms with Crippen LogP contribution in [0, 0.1) is 0 Å². The van der Waals surface area contributed by atoms with Crippen molar-refractivity contribution in [3.63, 3.8) is 0 Å². The standard InChI is InChI=1S/C15H24ClN3.HI/c1-5-15(6-2,11-19-14(17-3)18-4)12-7-9-13(16)10-8-12;/h7-10H,5-6,11H2,1-4H3,(H2,17,18,19);1H. The molecule has 1 aromatic rings. The topological polar surface area (TPSA) is 36.4 Å². The molecule has 1 rings (SSSR count). The predicted octanol–water partition coefficient (Wildman–Crippen LogP) is 3.81. The van der Waals surface area contributed by atoms with Crippen LogP contribution in [0.25, 0.3) is 0 Å². The van der Waals surface area contributed by atoms with Crippen molar-refractivity contribution < 1.29 is 0 Å². The van der Waals surface area contributed by atoms with Gasteiger partial charge in [0.05, 0.1) is 0 Å². The Balaban J connectivity index is 0.00000361. The SMILES string of the molecule is CCC(CC)(CNC(=NC)NC)c1ccc(Cl)cc1.I. The molecule has 114 valence electrons. The van der Waals surface area contributed by atoms with Gasteiger partial charge in [0.1, 0.15) is 0 Å². The highest BCUT2D eigenvalue weighted by atomic mass is 127. The van der Waals surface area contributed by atoms with Crippen LogP contribution in [-0.4, -0.2) is 26.6 Å². The fourth-order valence-electron chi connectivity index (χ4n) is 2.35. The molecule has 0 aliphatic rings. The molecule has 2 N–H and O–H groups in total. The van der Waals surface area contributed by atoms with Crippen molar-refractivity contribution in [2.75, 3.05) is 20.6 Å². The molecule has 0 aliphatic carbocycles. The average Bonchev–Trinajstić information content (AvgIpc) is 2.46. The Hall–Kier alpha value is -0.490. The zero-order chi connectivity index (χ0) is 14.3. The van der Waals surface area contributed by atoms with E-state index >= 15 is 0 Å². The smallest absolute Gasteiger partial charge is 0.190 e. The molecule has 0 saturated carbocycles. The van der Waals surface area contributed by atoms with Gasteiger partial charge in [-0.05, 0) is 30.5 Å². The largest absolute Gasteiger partial charge is 0.359 e. The Morgan fingerprint density at radius 1 is 1.20 bits per heavy atom. The molecule has 0 spiro atoms. The second kappa shape index (κ2) is 9.45. The summed E-state index contributed by atoms with van der Waals surface area (Å²) < 4.78 is 0. The van der Waals surface area contributed by atoms with Crippen molar-refractivity contribution in [2.24, 2.45) is 4.99 Å². The fourth-order valence-corrected chi connectivity index (χ4v) is 2.47. The van der Waals surface area contributed by atoms with Crippen molar-refractivity contribution >= 4 is 41.5 Å². The van der Waals surface area contributed by atoms with Gasteiger partial charge in [0, 0.05) is 31.1 Å². The molecule has 0 saturated heterocycles. The van der Waals surface area contributed by atoms with Gasteiger partial charge in [-0.25, -0.2) is 0 Å². The first-order chi connectivity index (χ1) is 9.11. The lowest BCUT2D eigenvalue weighted by molar-refractivity contribution is 0.390. The van der Waals surface area contributed by atoms with Crippen molar-refractivity contribution in [1.82, 2.24) is 10.6 Å². The Labute approximate surface area is 144 Å². The van der Waals surface area contributed by atoms with Crippen LogP contribution in [0.3, 0.4) is 0 Å². The van der Waals surface area contributed by atoms with Gasteiger partial charge in [0.15, 0.2) is 5.96 Å². The third-order valence-electron chi connectivity index (χ3n) is 3.86. The lowest BCUT2D eigenvalue weighted by Gasteiger charge is -2.33. The normalized spacial score (nSPS) is 11.8. The maximum absolute atomic E-state index is 5.98. The molecule has 0 atom stereocenters. The predicted molar refractivity (Wildman–Crippen MR) is 99.5 cm³/mol. The first-order valence-corrected chi connectivity index (χ1v) is 7.14. The molecule has 0 aromatic heterocycles. The number of aliphatic imine (C=N–C) groups is 1. The van der Waals surface area contributed by atoms with Crippen LogP contribution in [0.15, 0.2) is 29.3 Å². The molecule has 1 aromatic carbocycles. The van der Waals surface area contributed by atoms with Gasteiger partial charge in [-0.15, -0.1) is 24.0 Å². The summed E-state index contributed by atoms with van der Waals surface area (Å²) in [5, 5.41) is 7.21. The van der Waals surface area contributed by atoms with Gasteiger partial charge in [0.2, 0.25) is 0 Å². The molecular weight excluding hydrogens is 385 g/mol. The maximum atomic E-state index is 5.98. The minimum Gasteiger partial charge on any atom is -0.359 e. The van der Waals surface area contributed by atoms with Gasteiger partial charge < -0.3 is 10.6 Å². The summed E-state index contributed by atoms with van der Waals surface area (Å²) in [6, 6.07) is 8.17. The number of nitrogens with zero attached hydrogens (tertiary/aromatic N) is 1. The first kappa shape index (κ1) is 19.5. The van der Waals surface area contributed by atoms with E-state index in [0.29, 0.717) is 0 Å². The molecule has 0 radical (unpaired) electrons. The van der Waals surface area contributed by atoms with Crippen LogP contribution in [0.5, 0.6) is 0 Å². The highest BCUT2D eigenvalue weighted by molar-refractivity contribution is 14.0. The summed E-state index contributed by atoms with van der Waals surface area (Å²) in [6.07, 6.45) is 2.14. The number of nitrogens with one attached hydrogen (secondary N) is 2. The molecule has 0 bridgehead atoms. The lowest BCUT2D eigenvalue weighted by Crippen LogP contribution is -2.44. The summed E-state index contributed by atoms with van der Waals surface area (Å²) in [4.78, 5) is 4.16. The molecule has 0 aliphatic heterocycles. The van der Waals surface area contributed by atoms with Gasteiger partial charge in [-0.2, -0.15) is 0 Å². The van der Waals surface area contributed by atoms with Crippen LogP contribution < -0.4 is 10.6 Å². The summed E-state index contributed by atoms with van der Waals surface area (Å²) >= 11 is 5.98. The van der Waals surface area contributed by atoms with Crippen molar-refractivity contribution in [1.29, 1.82) is 0 Å². The van der Waals surface area contributed by atoms with E-state index in [-0.39, 0.29) is 29.4 Å². The second-order valence-electron chi connectivity index (χ2n) is 4.67. The first-order valence-electron chi connectivity index (χ1n) is 6.76. The van der Waals surface area contributed by atoms with Crippen LogP contribution in [0.4, 0.5) is 0 Å². The third kappa shape index (κ3) is 4.81. The Kier molecular flexibility index (Phi) is 9.22. The number of guanidine groups is 1. The minimum atomic E-state index is 0. The number of hydrogen-bond donors (Lipinski definition) is 2. The quantitative estimate of drug-likeness (QED) is 0.441. The van der Waals surface area contributed by atoms with Crippen LogP contribution in [0.1, 0.15) is 32.3 Å². The Morgan fingerprint density at radius 3 is 2.15 bits per heavy atom. The Bertz CT molecular complexity index is 414.